The van der Waals surface area contributed by atoms with Gasteiger partial charge in [-0.15, -0.1) is 0 Å². The maximum atomic E-state index is 13.3. The maximum Gasteiger partial charge on any atom is 0.298 e. The lowest BCUT2D eigenvalue weighted by Gasteiger charge is -2.20. The molecule has 1 aromatic heterocycles. The van der Waals surface area contributed by atoms with E-state index in [4.69, 9.17) is 16.7 Å². The first-order valence-electron chi connectivity index (χ1n) is 5.22. The van der Waals surface area contributed by atoms with Crippen LogP contribution in [-0.4, -0.2) is 16.7 Å². The quantitative estimate of drug-likeness (QED) is 0.815. The Kier molecular flexibility index (Phi) is 3.13. The first kappa shape index (κ1) is 11.7. The van der Waals surface area contributed by atoms with Crippen molar-refractivity contribution in [3.05, 3.63) is 28.0 Å². The summed E-state index contributed by atoms with van der Waals surface area (Å²) in [5.41, 5.74) is 1.28. The van der Waals surface area contributed by atoms with E-state index in [0.29, 0.717) is 0 Å². The molecule has 0 aromatic carbocycles. The average Bonchev–Trinajstić information content (AvgIpc) is 2.28. The number of fused-ring (bicyclic) bond motifs is 1. The van der Waals surface area contributed by atoms with Gasteiger partial charge in [0.25, 0.3) is 5.92 Å². The van der Waals surface area contributed by atoms with Gasteiger partial charge in [0, 0.05) is 5.69 Å². The summed E-state index contributed by atoms with van der Waals surface area (Å²) in [6.07, 6.45) is 3.56. The average molecular weight is 248 g/mol. The lowest BCUT2D eigenvalue weighted by Crippen LogP contribution is -2.21. The zero-order valence-electron chi connectivity index (χ0n) is 8.64. The number of alkyl halides is 2. The molecule has 0 bridgehead atoms. The van der Waals surface area contributed by atoms with Crippen LogP contribution >= 0.6 is 11.6 Å². The molecular formula is C11H12ClF2NO. The first-order chi connectivity index (χ1) is 7.54. The van der Waals surface area contributed by atoms with Gasteiger partial charge >= 0.3 is 0 Å². The van der Waals surface area contributed by atoms with Gasteiger partial charge < -0.3 is 5.11 Å². The monoisotopic (exact) mass is 247 g/mol. The van der Waals surface area contributed by atoms with Gasteiger partial charge in [0.1, 0.15) is 11.8 Å². The van der Waals surface area contributed by atoms with Crippen molar-refractivity contribution in [1.82, 2.24) is 4.98 Å². The zero-order chi connectivity index (χ0) is 11.8. The van der Waals surface area contributed by atoms with E-state index in [1.165, 1.54) is 6.07 Å². The van der Waals surface area contributed by atoms with E-state index < -0.39 is 12.5 Å². The molecule has 0 amide bonds. The highest BCUT2D eigenvalue weighted by molar-refractivity contribution is 6.30. The Morgan fingerprint density at radius 2 is 2.06 bits per heavy atom. The molecule has 1 aliphatic carbocycles. The number of pyridine rings is 1. The highest BCUT2D eigenvalue weighted by Crippen LogP contribution is 2.34. The number of aryl methyl sites for hydroxylation is 2. The summed E-state index contributed by atoms with van der Waals surface area (Å²) in [4.78, 5) is 4.00. The minimum Gasteiger partial charge on any atom is -0.390 e. The topological polar surface area (TPSA) is 33.1 Å². The molecule has 0 saturated carbocycles. The van der Waals surface area contributed by atoms with Gasteiger partial charge in [-0.25, -0.2) is 4.98 Å². The molecule has 2 rings (SSSR count). The second-order valence-corrected chi connectivity index (χ2v) is 4.36. The number of rotatable bonds is 2. The zero-order valence-corrected chi connectivity index (χ0v) is 9.40. The fraction of sp³-hybridized carbons (Fsp3) is 0.545. The molecule has 88 valence electrons. The SMILES string of the molecule is OCC(F)(F)c1cc2c(nc1Cl)CCCC2. The second-order valence-electron chi connectivity index (χ2n) is 4.00. The lowest BCUT2D eigenvalue weighted by molar-refractivity contribution is -0.0558. The molecule has 0 saturated heterocycles. The van der Waals surface area contributed by atoms with Crippen molar-refractivity contribution in [3.8, 4) is 0 Å². The van der Waals surface area contributed by atoms with E-state index in [0.717, 1.165) is 36.9 Å². The van der Waals surface area contributed by atoms with Crippen LogP contribution in [0.25, 0.3) is 0 Å². The number of aromatic nitrogens is 1. The van der Waals surface area contributed by atoms with Crippen molar-refractivity contribution >= 4 is 11.6 Å². The third-order valence-corrected chi connectivity index (χ3v) is 3.14. The van der Waals surface area contributed by atoms with Crippen molar-refractivity contribution < 1.29 is 13.9 Å². The highest BCUT2D eigenvalue weighted by Gasteiger charge is 2.34. The Morgan fingerprint density at radius 1 is 1.38 bits per heavy atom. The molecule has 1 aliphatic rings. The van der Waals surface area contributed by atoms with Crippen molar-refractivity contribution in [1.29, 1.82) is 0 Å². The van der Waals surface area contributed by atoms with E-state index in [9.17, 15) is 8.78 Å². The lowest BCUT2D eigenvalue weighted by atomic mass is 9.94. The van der Waals surface area contributed by atoms with Gasteiger partial charge in [-0.3, -0.25) is 0 Å². The predicted octanol–water partition coefficient (Wildman–Crippen LogP) is 2.70. The van der Waals surface area contributed by atoms with Crippen LogP contribution in [0.3, 0.4) is 0 Å². The van der Waals surface area contributed by atoms with E-state index in [1.54, 1.807) is 0 Å². The summed E-state index contributed by atoms with van der Waals surface area (Å²) < 4.78 is 26.7. The fourth-order valence-electron chi connectivity index (χ4n) is 1.95. The summed E-state index contributed by atoms with van der Waals surface area (Å²) in [7, 11) is 0. The molecule has 0 radical (unpaired) electrons. The largest absolute Gasteiger partial charge is 0.390 e. The van der Waals surface area contributed by atoms with Gasteiger partial charge in [0.15, 0.2) is 0 Å². The van der Waals surface area contributed by atoms with Crippen molar-refractivity contribution in [2.24, 2.45) is 0 Å². The van der Waals surface area contributed by atoms with E-state index in [-0.39, 0.29) is 10.7 Å². The van der Waals surface area contributed by atoms with Crippen LogP contribution in [0, 0.1) is 0 Å². The summed E-state index contributed by atoms with van der Waals surface area (Å²) in [5.74, 6) is -3.31. The van der Waals surface area contributed by atoms with Gasteiger partial charge in [-0.05, 0) is 37.3 Å². The van der Waals surface area contributed by atoms with Crippen LogP contribution in [-0.2, 0) is 18.8 Å². The van der Waals surface area contributed by atoms with Crippen molar-refractivity contribution in [2.45, 2.75) is 31.6 Å². The number of hydrogen-bond donors (Lipinski definition) is 1. The molecule has 0 atom stereocenters. The highest BCUT2D eigenvalue weighted by atomic mass is 35.5. The molecule has 2 nitrogen and oxygen atoms in total. The summed E-state index contributed by atoms with van der Waals surface area (Å²) in [5, 5.41) is 8.44. The van der Waals surface area contributed by atoms with E-state index in [1.807, 2.05) is 0 Å². The minimum absolute atomic E-state index is 0.195. The normalized spacial score (nSPS) is 16.0. The number of nitrogens with zero attached hydrogens (tertiary/aromatic N) is 1. The van der Waals surface area contributed by atoms with Crippen molar-refractivity contribution in [3.63, 3.8) is 0 Å². The van der Waals surface area contributed by atoms with Gasteiger partial charge in [-0.1, -0.05) is 11.6 Å². The molecule has 1 aromatic rings. The third-order valence-electron chi connectivity index (χ3n) is 2.85. The minimum atomic E-state index is -3.31. The number of hydrogen-bond acceptors (Lipinski definition) is 2. The summed E-state index contributed by atoms with van der Waals surface area (Å²) in [6.45, 7) is -1.24. The Balaban J connectivity index is 2.47. The number of aliphatic hydroxyl groups excluding tert-OH is 1. The molecule has 16 heavy (non-hydrogen) atoms. The first-order valence-corrected chi connectivity index (χ1v) is 5.60. The summed E-state index contributed by atoms with van der Waals surface area (Å²) in [6, 6.07) is 1.39. The second kappa shape index (κ2) is 4.26. The van der Waals surface area contributed by atoms with Crippen LogP contribution < -0.4 is 0 Å². The number of halogens is 3. The van der Waals surface area contributed by atoms with Crippen LogP contribution in [0.5, 0.6) is 0 Å². The van der Waals surface area contributed by atoms with Gasteiger partial charge in [0.05, 0.1) is 5.56 Å². The Bertz CT molecular complexity index is 409. The summed E-state index contributed by atoms with van der Waals surface area (Å²) >= 11 is 5.72. The Labute approximate surface area is 97.3 Å². The Hall–Kier alpha value is -0.740. The fourth-order valence-corrected chi connectivity index (χ4v) is 2.24. The molecule has 0 unspecified atom stereocenters. The molecule has 1 N–H and O–H groups in total. The molecule has 0 fully saturated rings. The molecule has 0 spiro atoms. The van der Waals surface area contributed by atoms with E-state index in [2.05, 4.69) is 4.98 Å². The van der Waals surface area contributed by atoms with Crippen LogP contribution in [0.15, 0.2) is 6.07 Å². The van der Waals surface area contributed by atoms with Crippen LogP contribution in [0.2, 0.25) is 5.15 Å². The smallest absolute Gasteiger partial charge is 0.298 e. The van der Waals surface area contributed by atoms with Crippen LogP contribution in [0.4, 0.5) is 8.78 Å². The predicted molar refractivity (Wildman–Crippen MR) is 56.9 cm³/mol. The van der Waals surface area contributed by atoms with Gasteiger partial charge in [0.2, 0.25) is 0 Å². The Morgan fingerprint density at radius 3 is 2.75 bits per heavy atom. The standard InChI is InChI=1S/C11H12ClF2NO/c12-10-8(11(13,14)6-16)5-7-3-1-2-4-9(7)15-10/h5,16H,1-4,6H2. The third kappa shape index (κ3) is 2.04. The molecule has 0 aliphatic heterocycles. The van der Waals surface area contributed by atoms with Crippen molar-refractivity contribution in [2.75, 3.05) is 6.61 Å². The van der Waals surface area contributed by atoms with E-state index >= 15 is 0 Å². The van der Waals surface area contributed by atoms with Gasteiger partial charge in [-0.2, -0.15) is 8.78 Å². The molecular weight excluding hydrogens is 236 g/mol. The van der Waals surface area contributed by atoms with Crippen LogP contribution in [0.1, 0.15) is 29.7 Å². The number of aliphatic hydroxyl groups is 1. The maximum absolute atomic E-state index is 13.3. The molecule has 5 heteroatoms. The molecule has 1 heterocycles.